The van der Waals surface area contributed by atoms with E-state index >= 15 is 0 Å². The van der Waals surface area contributed by atoms with Crippen LogP contribution in [-0.4, -0.2) is 28.8 Å². The highest BCUT2D eigenvalue weighted by Gasteiger charge is 2.20. The van der Waals surface area contributed by atoms with E-state index in [9.17, 15) is 4.79 Å². The van der Waals surface area contributed by atoms with Gasteiger partial charge in [-0.3, -0.25) is 9.48 Å². The molecule has 5 nitrogen and oxygen atoms in total. The van der Waals surface area contributed by atoms with Crippen molar-refractivity contribution in [2.45, 2.75) is 33.6 Å². The summed E-state index contributed by atoms with van der Waals surface area (Å²) in [5.74, 6) is -0.0509. The van der Waals surface area contributed by atoms with E-state index < -0.39 is 0 Å². The molecule has 0 unspecified atom stereocenters. The maximum absolute atomic E-state index is 12.1. The fraction of sp³-hybridized carbons (Fsp3) is 0.692. The number of carbonyl (C=O) groups is 1. The van der Waals surface area contributed by atoms with Crippen molar-refractivity contribution in [3.63, 3.8) is 0 Å². The van der Waals surface area contributed by atoms with Gasteiger partial charge in [0.05, 0.1) is 11.3 Å². The topological polar surface area (TPSA) is 72.9 Å². The number of aryl methyl sites for hydroxylation is 2. The van der Waals surface area contributed by atoms with Gasteiger partial charge in [-0.2, -0.15) is 5.10 Å². The zero-order valence-electron chi connectivity index (χ0n) is 11.8. The van der Waals surface area contributed by atoms with Crippen LogP contribution >= 0.6 is 0 Å². The number of amides is 1. The molecule has 18 heavy (non-hydrogen) atoms. The van der Waals surface area contributed by atoms with Crippen LogP contribution in [-0.2, 0) is 13.5 Å². The third-order valence-corrected chi connectivity index (χ3v) is 3.03. The molecule has 0 atom stereocenters. The monoisotopic (exact) mass is 252 g/mol. The van der Waals surface area contributed by atoms with E-state index in [1.807, 2.05) is 14.0 Å². The summed E-state index contributed by atoms with van der Waals surface area (Å²) in [4.78, 5) is 12.1. The van der Waals surface area contributed by atoms with E-state index in [0.717, 1.165) is 18.5 Å². The average molecular weight is 252 g/mol. The first-order valence-electron chi connectivity index (χ1n) is 6.40. The van der Waals surface area contributed by atoms with Gasteiger partial charge in [-0.15, -0.1) is 0 Å². The van der Waals surface area contributed by atoms with Crippen LogP contribution in [0.4, 0.5) is 0 Å². The molecule has 0 aliphatic heterocycles. The number of carbonyl (C=O) groups excluding carboxylic acids is 1. The molecule has 1 rings (SSSR count). The van der Waals surface area contributed by atoms with E-state index in [-0.39, 0.29) is 11.3 Å². The molecule has 1 aromatic heterocycles. The lowest BCUT2D eigenvalue weighted by Gasteiger charge is -2.24. The van der Waals surface area contributed by atoms with Crippen molar-refractivity contribution in [3.05, 3.63) is 17.5 Å². The third kappa shape index (κ3) is 3.84. The molecule has 1 heterocycles. The van der Waals surface area contributed by atoms with Crippen molar-refractivity contribution in [1.82, 2.24) is 15.1 Å². The first-order chi connectivity index (χ1) is 8.39. The molecule has 0 aromatic carbocycles. The number of nitrogens with two attached hydrogens (primary N) is 1. The first-order valence-corrected chi connectivity index (χ1v) is 6.40. The molecule has 0 radical (unpaired) electrons. The van der Waals surface area contributed by atoms with E-state index in [2.05, 4.69) is 24.3 Å². The van der Waals surface area contributed by atoms with Crippen LogP contribution in [0.1, 0.15) is 43.2 Å². The van der Waals surface area contributed by atoms with Gasteiger partial charge in [0.2, 0.25) is 0 Å². The number of nitrogens with one attached hydrogen (secondary N) is 1. The Morgan fingerprint density at radius 2 is 2.22 bits per heavy atom. The predicted molar refractivity (Wildman–Crippen MR) is 72.4 cm³/mol. The summed E-state index contributed by atoms with van der Waals surface area (Å²) in [7, 11) is 1.83. The van der Waals surface area contributed by atoms with E-state index in [1.165, 1.54) is 0 Å². The maximum atomic E-state index is 12.1. The molecule has 0 spiro atoms. The van der Waals surface area contributed by atoms with E-state index in [4.69, 9.17) is 5.73 Å². The van der Waals surface area contributed by atoms with Crippen LogP contribution in [0.3, 0.4) is 0 Å². The quantitative estimate of drug-likeness (QED) is 0.796. The molecule has 0 fully saturated rings. The lowest BCUT2D eigenvalue weighted by atomic mass is 9.89. The number of aromatic nitrogens is 2. The molecule has 1 aromatic rings. The van der Waals surface area contributed by atoms with Crippen LogP contribution in [0.2, 0.25) is 0 Å². The van der Waals surface area contributed by atoms with Crippen molar-refractivity contribution >= 4 is 5.91 Å². The summed E-state index contributed by atoms with van der Waals surface area (Å²) >= 11 is 0. The second-order valence-corrected chi connectivity index (χ2v) is 5.40. The summed E-state index contributed by atoms with van der Waals surface area (Å²) in [5, 5.41) is 7.23. The molecule has 0 bridgehead atoms. The minimum atomic E-state index is -0.0509. The second-order valence-electron chi connectivity index (χ2n) is 5.40. The Morgan fingerprint density at radius 1 is 1.56 bits per heavy atom. The van der Waals surface area contributed by atoms with Crippen LogP contribution in [0.5, 0.6) is 0 Å². The Hall–Kier alpha value is -1.36. The van der Waals surface area contributed by atoms with Crippen molar-refractivity contribution in [1.29, 1.82) is 0 Å². The zero-order chi connectivity index (χ0) is 13.8. The van der Waals surface area contributed by atoms with Gasteiger partial charge < -0.3 is 11.1 Å². The molecule has 0 saturated heterocycles. The molecule has 0 aliphatic carbocycles. The smallest absolute Gasteiger partial charge is 0.254 e. The van der Waals surface area contributed by atoms with Crippen molar-refractivity contribution in [2.75, 3.05) is 13.1 Å². The van der Waals surface area contributed by atoms with Gasteiger partial charge in [-0.1, -0.05) is 20.8 Å². The summed E-state index contributed by atoms with van der Waals surface area (Å²) in [5.41, 5.74) is 7.09. The largest absolute Gasteiger partial charge is 0.351 e. The molecule has 1 amide bonds. The van der Waals surface area contributed by atoms with Crippen LogP contribution in [0.25, 0.3) is 0 Å². The average Bonchev–Trinajstić information content (AvgIpc) is 2.67. The minimum absolute atomic E-state index is 0.0268. The maximum Gasteiger partial charge on any atom is 0.254 e. The Bertz CT molecular complexity index is 409. The van der Waals surface area contributed by atoms with Gasteiger partial charge in [0.15, 0.2) is 0 Å². The van der Waals surface area contributed by atoms with Gasteiger partial charge in [0, 0.05) is 19.8 Å². The Morgan fingerprint density at radius 3 is 2.78 bits per heavy atom. The van der Waals surface area contributed by atoms with Crippen molar-refractivity contribution in [2.24, 2.45) is 18.2 Å². The fourth-order valence-corrected chi connectivity index (χ4v) is 1.88. The van der Waals surface area contributed by atoms with Crippen molar-refractivity contribution < 1.29 is 4.79 Å². The summed E-state index contributed by atoms with van der Waals surface area (Å²) in [6.07, 6.45) is 3.42. The molecular weight excluding hydrogens is 228 g/mol. The highest BCUT2D eigenvalue weighted by atomic mass is 16.1. The normalized spacial score (nSPS) is 11.6. The Kier molecular flexibility index (Phi) is 4.90. The molecule has 0 aliphatic rings. The van der Waals surface area contributed by atoms with Gasteiger partial charge in [-0.05, 0) is 24.8 Å². The lowest BCUT2D eigenvalue weighted by Crippen LogP contribution is -2.35. The molecule has 3 N–H and O–H groups in total. The minimum Gasteiger partial charge on any atom is -0.351 e. The second kappa shape index (κ2) is 6.00. The Labute approximate surface area is 109 Å². The third-order valence-electron chi connectivity index (χ3n) is 3.03. The van der Waals surface area contributed by atoms with Crippen LogP contribution in [0.15, 0.2) is 6.20 Å². The SMILES string of the molecule is CCc1nn(C)cc1C(=O)NCC(C)(C)CCN. The first kappa shape index (κ1) is 14.7. The highest BCUT2D eigenvalue weighted by molar-refractivity contribution is 5.95. The number of hydrogen-bond acceptors (Lipinski definition) is 3. The van der Waals surface area contributed by atoms with E-state index in [1.54, 1.807) is 10.9 Å². The van der Waals surface area contributed by atoms with E-state index in [0.29, 0.717) is 18.7 Å². The van der Waals surface area contributed by atoms with Gasteiger partial charge >= 0.3 is 0 Å². The van der Waals surface area contributed by atoms with Gasteiger partial charge in [0.25, 0.3) is 5.91 Å². The number of nitrogens with zero attached hydrogens (tertiary/aromatic N) is 2. The molecular formula is C13H24N4O. The Balaban J connectivity index is 2.65. The number of hydrogen-bond donors (Lipinski definition) is 2. The molecule has 5 heteroatoms. The van der Waals surface area contributed by atoms with Crippen LogP contribution < -0.4 is 11.1 Å². The zero-order valence-corrected chi connectivity index (χ0v) is 11.8. The highest BCUT2D eigenvalue weighted by Crippen LogP contribution is 2.18. The molecule has 102 valence electrons. The predicted octanol–water partition coefficient (Wildman–Crippen LogP) is 1.09. The summed E-state index contributed by atoms with van der Waals surface area (Å²) in [6.45, 7) is 7.46. The number of rotatable bonds is 6. The summed E-state index contributed by atoms with van der Waals surface area (Å²) < 4.78 is 1.68. The standard InChI is InChI=1S/C13H24N4O/c1-5-11-10(8-17(4)16-11)12(18)15-9-13(2,3)6-7-14/h8H,5-7,9,14H2,1-4H3,(H,15,18). The summed E-state index contributed by atoms with van der Waals surface area (Å²) in [6, 6.07) is 0. The fourth-order valence-electron chi connectivity index (χ4n) is 1.88. The van der Waals surface area contributed by atoms with Gasteiger partial charge in [-0.25, -0.2) is 0 Å². The van der Waals surface area contributed by atoms with Crippen LogP contribution in [0, 0.1) is 5.41 Å². The molecule has 0 saturated carbocycles. The lowest BCUT2D eigenvalue weighted by molar-refractivity contribution is 0.0934. The van der Waals surface area contributed by atoms with Crippen molar-refractivity contribution in [3.8, 4) is 0 Å². The van der Waals surface area contributed by atoms with Gasteiger partial charge in [0.1, 0.15) is 0 Å².